The van der Waals surface area contributed by atoms with Gasteiger partial charge in [-0.15, -0.1) is 0 Å². The van der Waals surface area contributed by atoms with E-state index >= 15 is 0 Å². The summed E-state index contributed by atoms with van der Waals surface area (Å²) in [4.78, 5) is 16.0. The van der Waals surface area contributed by atoms with Crippen molar-refractivity contribution in [2.75, 3.05) is 6.61 Å². The molecule has 0 spiro atoms. The van der Waals surface area contributed by atoms with Gasteiger partial charge in [-0.2, -0.15) is 0 Å². The van der Waals surface area contributed by atoms with E-state index in [1.807, 2.05) is 6.92 Å². The van der Waals surface area contributed by atoms with Crippen molar-refractivity contribution in [3.05, 3.63) is 39.9 Å². The second-order valence-corrected chi connectivity index (χ2v) is 4.85. The quantitative estimate of drug-likeness (QED) is 0.789. The summed E-state index contributed by atoms with van der Waals surface area (Å²) in [6.45, 7) is 3.85. The average Bonchev–Trinajstić information content (AvgIpc) is 2.86. The Balaban J connectivity index is 2.42. The summed E-state index contributed by atoms with van der Waals surface area (Å²) in [6.07, 6.45) is 0.542. The first-order valence-electron chi connectivity index (χ1n) is 6.19. The molecule has 1 aromatic heterocycles. The van der Waals surface area contributed by atoms with E-state index in [0.29, 0.717) is 22.2 Å². The van der Waals surface area contributed by atoms with E-state index in [0.717, 1.165) is 0 Å². The molecule has 0 atom stereocenters. The van der Waals surface area contributed by atoms with Crippen LogP contribution in [0.1, 0.15) is 30.1 Å². The molecule has 6 heteroatoms. The van der Waals surface area contributed by atoms with E-state index in [1.165, 1.54) is 6.07 Å². The molecule has 4 nitrogen and oxygen atoms in total. The third kappa shape index (κ3) is 2.90. The van der Waals surface area contributed by atoms with E-state index in [2.05, 4.69) is 20.9 Å². The largest absolute Gasteiger partial charge is 0.460 e. The minimum absolute atomic E-state index is 0.102. The molecule has 0 aliphatic rings. The summed E-state index contributed by atoms with van der Waals surface area (Å²) in [5.41, 5.74) is 1.11. The number of aryl methyl sites for hydroxylation is 1. The van der Waals surface area contributed by atoms with Crippen LogP contribution in [-0.4, -0.2) is 17.6 Å². The number of oxazole rings is 1. The molecule has 0 saturated heterocycles. The number of ether oxygens (including phenoxy) is 1. The molecule has 1 heterocycles. The molecule has 1 aromatic carbocycles. The minimum Gasteiger partial charge on any atom is -0.460 e. The molecule has 0 saturated carbocycles. The Morgan fingerprint density at radius 3 is 2.80 bits per heavy atom. The fourth-order valence-electron chi connectivity index (χ4n) is 1.70. The van der Waals surface area contributed by atoms with Crippen LogP contribution in [0, 0.1) is 5.82 Å². The van der Waals surface area contributed by atoms with Crippen molar-refractivity contribution in [3.63, 3.8) is 0 Å². The molecular weight excluding hydrogens is 329 g/mol. The van der Waals surface area contributed by atoms with Crippen molar-refractivity contribution in [1.29, 1.82) is 0 Å². The second-order valence-electron chi connectivity index (χ2n) is 4.00. The Kier molecular flexibility index (Phi) is 4.54. The lowest BCUT2D eigenvalue weighted by Gasteiger charge is -1.99. The van der Waals surface area contributed by atoms with Gasteiger partial charge in [-0.05, 0) is 47.5 Å². The van der Waals surface area contributed by atoms with E-state index in [-0.39, 0.29) is 24.1 Å². The molecule has 20 heavy (non-hydrogen) atoms. The molecule has 106 valence electrons. The van der Waals surface area contributed by atoms with Gasteiger partial charge in [-0.1, -0.05) is 6.92 Å². The first-order chi connectivity index (χ1) is 9.56. The topological polar surface area (TPSA) is 52.3 Å². The van der Waals surface area contributed by atoms with Crippen molar-refractivity contribution in [3.8, 4) is 11.5 Å². The number of aromatic nitrogens is 1. The number of hydrogen-bond acceptors (Lipinski definition) is 4. The van der Waals surface area contributed by atoms with Gasteiger partial charge in [-0.25, -0.2) is 14.2 Å². The lowest BCUT2D eigenvalue weighted by atomic mass is 10.2. The van der Waals surface area contributed by atoms with Gasteiger partial charge in [0.15, 0.2) is 0 Å². The van der Waals surface area contributed by atoms with Gasteiger partial charge in [0.1, 0.15) is 5.82 Å². The van der Waals surface area contributed by atoms with Crippen LogP contribution in [0.15, 0.2) is 27.1 Å². The Bertz CT molecular complexity index is 639. The summed E-state index contributed by atoms with van der Waals surface area (Å²) < 4.78 is 23.9. The number of halogens is 2. The zero-order valence-electron chi connectivity index (χ0n) is 11.1. The Hall–Kier alpha value is -1.69. The van der Waals surface area contributed by atoms with Gasteiger partial charge in [-0.3, -0.25) is 0 Å². The Morgan fingerprint density at radius 1 is 1.45 bits per heavy atom. The summed E-state index contributed by atoms with van der Waals surface area (Å²) in [5.74, 6) is -0.540. The van der Waals surface area contributed by atoms with Crippen molar-refractivity contribution in [2.45, 2.75) is 20.3 Å². The maximum Gasteiger partial charge on any atom is 0.376 e. The molecule has 2 aromatic rings. The summed E-state index contributed by atoms with van der Waals surface area (Å²) >= 11 is 3.10. The highest BCUT2D eigenvalue weighted by molar-refractivity contribution is 9.10. The molecule has 0 N–H and O–H groups in total. The van der Waals surface area contributed by atoms with Crippen LogP contribution in [-0.2, 0) is 11.2 Å². The molecule has 0 amide bonds. The van der Waals surface area contributed by atoms with Crippen LogP contribution in [0.25, 0.3) is 11.5 Å². The Morgan fingerprint density at radius 2 is 2.20 bits per heavy atom. The zero-order chi connectivity index (χ0) is 14.7. The first kappa shape index (κ1) is 14.7. The number of nitrogens with zero attached hydrogens (tertiary/aromatic N) is 1. The van der Waals surface area contributed by atoms with Gasteiger partial charge < -0.3 is 9.15 Å². The van der Waals surface area contributed by atoms with Crippen LogP contribution < -0.4 is 0 Å². The zero-order valence-corrected chi connectivity index (χ0v) is 12.7. The number of rotatable bonds is 4. The molecule has 0 radical (unpaired) electrons. The Labute approximate surface area is 124 Å². The molecule has 2 rings (SSSR count). The molecular formula is C14H13BrFNO3. The highest BCUT2D eigenvalue weighted by Gasteiger charge is 2.21. The van der Waals surface area contributed by atoms with E-state index < -0.39 is 5.97 Å². The van der Waals surface area contributed by atoms with Crippen LogP contribution >= 0.6 is 15.9 Å². The highest BCUT2D eigenvalue weighted by atomic mass is 79.9. The molecule has 0 fully saturated rings. The van der Waals surface area contributed by atoms with Gasteiger partial charge in [0, 0.05) is 5.56 Å². The maximum absolute atomic E-state index is 13.2. The van der Waals surface area contributed by atoms with Crippen LogP contribution in [0.2, 0.25) is 0 Å². The van der Waals surface area contributed by atoms with Gasteiger partial charge >= 0.3 is 5.97 Å². The number of carbonyl (C=O) groups excluding carboxylic acids is 1. The van der Waals surface area contributed by atoms with Crippen molar-refractivity contribution in [2.24, 2.45) is 0 Å². The molecule has 0 bridgehead atoms. The average molecular weight is 342 g/mol. The van der Waals surface area contributed by atoms with Crippen LogP contribution in [0.4, 0.5) is 4.39 Å². The highest BCUT2D eigenvalue weighted by Crippen LogP contribution is 2.27. The number of hydrogen-bond donors (Lipinski definition) is 0. The third-order valence-corrected chi connectivity index (χ3v) is 3.27. The van der Waals surface area contributed by atoms with E-state index in [1.54, 1.807) is 19.1 Å². The molecule has 0 aliphatic heterocycles. The summed E-state index contributed by atoms with van der Waals surface area (Å²) in [5, 5.41) is 0. The summed E-state index contributed by atoms with van der Waals surface area (Å²) in [6, 6.07) is 4.40. The number of benzene rings is 1. The lowest BCUT2D eigenvalue weighted by Crippen LogP contribution is -2.05. The van der Waals surface area contributed by atoms with Gasteiger partial charge in [0.25, 0.3) is 0 Å². The minimum atomic E-state index is -0.538. The standard InChI is InChI=1S/C14H13BrFNO3/c1-3-11-12(14(18)19-4-2)20-13(17-11)8-5-6-10(16)9(15)7-8/h5-7H,3-4H2,1-2H3. The summed E-state index contributed by atoms with van der Waals surface area (Å²) in [7, 11) is 0. The van der Waals surface area contributed by atoms with Gasteiger partial charge in [0.2, 0.25) is 11.7 Å². The molecule has 0 aliphatic carbocycles. The number of esters is 1. The SMILES string of the molecule is CCOC(=O)c1oc(-c2ccc(F)c(Br)c2)nc1CC. The van der Waals surface area contributed by atoms with Crippen LogP contribution in [0.3, 0.4) is 0 Å². The molecule has 0 unspecified atom stereocenters. The number of carbonyl (C=O) groups is 1. The second kappa shape index (κ2) is 6.17. The monoisotopic (exact) mass is 341 g/mol. The van der Waals surface area contributed by atoms with Crippen molar-refractivity contribution >= 4 is 21.9 Å². The van der Waals surface area contributed by atoms with E-state index in [9.17, 15) is 9.18 Å². The normalized spacial score (nSPS) is 10.6. The van der Waals surface area contributed by atoms with Crippen molar-refractivity contribution < 1.29 is 18.3 Å². The maximum atomic E-state index is 13.2. The van der Waals surface area contributed by atoms with Crippen molar-refractivity contribution in [1.82, 2.24) is 4.98 Å². The predicted octanol–water partition coefficient (Wildman–Crippen LogP) is 3.98. The fraction of sp³-hybridized carbons (Fsp3) is 0.286. The smallest absolute Gasteiger partial charge is 0.376 e. The first-order valence-corrected chi connectivity index (χ1v) is 6.98. The third-order valence-electron chi connectivity index (χ3n) is 2.66. The van der Waals surface area contributed by atoms with E-state index in [4.69, 9.17) is 9.15 Å². The van der Waals surface area contributed by atoms with Crippen LogP contribution in [0.5, 0.6) is 0 Å². The fourth-order valence-corrected chi connectivity index (χ4v) is 2.08. The van der Waals surface area contributed by atoms with Gasteiger partial charge in [0.05, 0.1) is 16.8 Å². The predicted molar refractivity (Wildman–Crippen MR) is 74.9 cm³/mol. The lowest BCUT2D eigenvalue weighted by molar-refractivity contribution is 0.0489.